The molecule has 0 bridgehead atoms. The summed E-state index contributed by atoms with van der Waals surface area (Å²) < 4.78 is 46.1. The quantitative estimate of drug-likeness (QED) is 0.737. The zero-order chi connectivity index (χ0) is 21.5. The highest BCUT2D eigenvalue weighted by Crippen LogP contribution is 2.45. The minimum absolute atomic E-state index is 0.0111. The van der Waals surface area contributed by atoms with Crippen LogP contribution in [0.4, 0.5) is 4.39 Å². The standard InChI is InChI=1S/C21H26FN3O4S/c1-15-19(16(2)29-23-15)30(27,28)25-12-4-11-24(13-14-25)20(26)21(9-3-10-21)17-5-7-18(22)8-6-17/h5-8H,3-4,9-14H2,1-2H3. The van der Waals surface area contributed by atoms with Crippen LogP contribution in [0, 0.1) is 19.7 Å². The van der Waals surface area contributed by atoms with Gasteiger partial charge in [-0.2, -0.15) is 4.31 Å². The number of carbonyl (C=O) groups is 1. The lowest BCUT2D eigenvalue weighted by Crippen LogP contribution is -2.52. The number of hydrogen-bond acceptors (Lipinski definition) is 5. The first kappa shape index (κ1) is 21.0. The Morgan fingerprint density at radius 2 is 1.77 bits per heavy atom. The average Bonchev–Trinajstić information content (AvgIpc) is 2.88. The van der Waals surface area contributed by atoms with Gasteiger partial charge in [0.25, 0.3) is 0 Å². The molecule has 1 amide bonds. The number of rotatable bonds is 4. The molecular weight excluding hydrogens is 409 g/mol. The molecule has 0 spiro atoms. The molecule has 2 heterocycles. The minimum Gasteiger partial charge on any atom is -0.360 e. The third-order valence-corrected chi connectivity index (χ3v) is 8.46. The van der Waals surface area contributed by atoms with Gasteiger partial charge in [-0.15, -0.1) is 0 Å². The van der Waals surface area contributed by atoms with Gasteiger partial charge in [0.15, 0.2) is 5.76 Å². The molecule has 0 radical (unpaired) electrons. The summed E-state index contributed by atoms with van der Waals surface area (Å²) in [6, 6.07) is 6.17. The molecule has 1 saturated heterocycles. The van der Waals surface area contributed by atoms with E-state index in [0.29, 0.717) is 31.7 Å². The number of nitrogens with zero attached hydrogens (tertiary/aromatic N) is 3. The second-order valence-electron chi connectivity index (χ2n) is 8.15. The molecule has 2 aliphatic rings. The summed E-state index contributed by atoms with van der Waals surface area (Å²) in [6.07, 6.45) is 2.96. The lowest BCUT2D eigenvalue weighted by molar-refractivity contribution is -0.140. The average molecular weight is 436 g/mol. The van der Waals surface area contributed by atoms with Gasteiger partial charge in [-0.25, -0.2) is 12.8 Å². The molecule has 1 aliphatic carbocycles. The van der Waals surface area contributed by atoms with E-state index in [-0.39, 0.29) is 28.9 Å². The van der Waals surface area contributed by atoms with Crippen molar-refractivity contribution in [3.05, 3.63) is 47.1 Å². The van der Waals surface area contributed by atoms with Crippen LogP contribution in [-0.4, -0.2) is 54.9 Å². The van der Waals surface area contributed by atoms with Crippen molar-refractivity contribution in [3.63, 3.8) is 0 Å². The van der Waals surface area contributed by atoms with E-state index in [0.717, 1.165) is 24.8 Å². The van der Waals surface area contributed by atoms with Crippen molar-refractivity contribution in [2.75, 3.05) is 26.2 Å². The van der Waals surface area contributed by atoms with E-state index < -0.39 is 15.4 Å². The number of benzene rings is 1. The van der Waals surface area contributed by atoms with E-state index in [1.165, 1.54) is 16.4 Å². The van der Waals surface area contributed by atoms with Gasteiger partial charge in [-0.3, -0.25) is 4.79 Å². The van der Waals surface area contributed by atoms with Gasteiger partial charge < -0.3 is 9.42 Å². The summed E-state index contributed by atoms with van der Waals surface area (Å²) >= 11 is 0. The largest absolute Gasteiger partial charge is 0.360 e. The maximum absolute atomic E-state index is 13.5. The lowest BCUT2D eigenvalue weighted by atomic mass is 9.63. The second kappa shape index (κ2) is 7.77. The van der Waals surface area contributed by atoms with Crippen LogP contribution in [0.5, 0.6) is 0 Å². The SMILES string of the molecule is Cc1noc(C)c1S(=O)(=O)N1CCCN(C(=O)C2(c3ccc(F)cc3)CCC2)CC1. The molecule has 1 aromatic heterocycles. The summed E-state index contributed by atoms with van der Waals surface area (Å²) in [7, 11) is -3.74. The maximum Gasteiger partial charge on any atom is 0.248 e. The highest BCUT2D eigenvalue weighted by molar-refractivity contribution is 7.89. The highest BCUT2D eigenvalue weighted by atomic mass is 32.2. The molecule has 4 rings (SSSR count). The molecule has 7 nitrogen and oxygen atoms in total. The third-order valence-electron chi connectivity index (χ3n) is 6.32. The predicted octanol–water partition coefficient (Wildman–Crippen LogP) is 2.78. The van der Waals surface area contributed by atoms with Gasteiger partial charge in [-0.1, -0.05) is 23.7 Å². The van der Waals surface area contributed by atoms with E-state index in [1.54, 1.807) is 30.9 Å². The van der Waals surface area contributed by atoms with Crippen LogP contribution in [0.2, 0.25) is 0 Å². The van der Waals surface area contributed by atoms with Crippen molar-refractivity contribution in [2.45, 2.75) is 49.8 Å². The number of aryl methyl sites for hydroxylation is 2. The van der Waals surface area contributed by atoms with Crippen LogP contribution >= 0.6 is 0 Å². The van der Waals surface area contributed by atoms with E-state index in [1.807, 2.05) is 0 Å². The molecule has 162 valence electrons. The summed E-state index contributed by atoms with van der Waals surface area (Å²) in [5.41, 5.74) is 0.558. The van der Waals surface area contributed by atoms with Crippen LogP contribution in [-0.2, 0) is 20.2 Å². The third kappa shape index (κ3) is 3.43. The van der Waals surface area contributed by atoms with Gasteiger partial charge in [-0.05, 0) is 50.8 Å². The number of aromatic nitrogens is 1. The van der Waals surface area contributed by atoms with Crippen molar-refractivity contribution < 1.29 is 22.1 Å². The Morgan fingerprint density at radius 1 is 1.07 bits per heavy atom. The normalized spacial score (nSPS) is 19.9. The Balaban J connectivity index is 1.53. The predicted molar refractivity (Wildman–Crippen MR) is 108 cm³/mol. The molecule has 0 atom stereocenters. The van der Waals surface area contributed by atoms with Crippen LogP contribution in [0.15, 0.2) is 33.7 Å². The molecular formula is C21H26FN3O4S. The van der Waals surface area contributed by atoms with Crippen molar-refractivity contribution in [1.82, 2.24) is 14.4 Å². The number of carbonyl (C=O) groups excluding carboxylic acids is 1. The van der Waals surface area contributed by atoms with Gasteiger partial charge in [0.2, 0.25) is 15.9 Å². The Morgan fingerprint density at radius 3 is 2.33 bits per heavy atom. The van der Waals surface area contributed by atoms with Crippen molar-refractivity contribution in [1.29, 1.82) is 0 Å². The van der Waals surface area contributed by atoms with E-state index in [4.69, 9.17) is 4.52 Å². The van der Waals surface area contributed by atoms with Crippen LogP contribution in [0.3, 0.4) is 0 Å². The van der Waals surface area contributed by atoms with Crippen LogP contribution in [0.1, 0.15) is 42.7 Å². The molecule has 2 fully saturated rings. The summed E-state index contributed by atoms with van der Waals surface area (Å²) in [5, 5.41) is 3.76. The first-order valence-electron chi connectivity index (χ1n) is 10.2. The van der Waals surface area contributed by atoms with Crippen molar-refractivity contribution >= 4 is 15.9 Å². The maximum atomic E-state index is 13.5. The lowest BCUT2D eigenvalue weighted by Gasteiger charge is -2.44. The molecule has 1 saturated carbocycles. The monoisotopic (exact) mass is 435 g/mol. The number of amides is 1. The zero-order valence-electron chi connectivity index (χ0n) is 17.2. The Labute approximate surface area is 175 Å². The van der Waals surface area contributed by atoms with E-state index in [9.17, 15) is 17.6 Å². The number of hydrogen-bond donors (Lipinski definition) is 0. The first-order valence-corrected chi connectivity index (χ1v) is 11.7. The van der Waals surface area contributed by atoms with Crippen molar-refractivity contribution in [2.24, 2.45) is 0 Å². The molecule has 1 aromatic carbocycles. The summed E-state index contributed by atoms with van der Waals surface area (Å²) in [6.45, 7) is 4.57. The molecule has 0 N–H and O–H groups in total. The summed E-state index contributed by atoms with van der Waals surface area (Å²) in [5.74, 6) is -0.0398. The topological polar surface area (TPSA) is 83.7 Å². The van der Waals surface area contributed by atoms with Crippen LogP contribution < -0.4 is 0 Å². The minimum atomic E-state index is -3.74. The zero-order valence-corrected chi connectivity index (χ0v) is 18.0. The first-order chi connectivity index (χ1) is 14.3. The molecule has 30 heavy (non-hydrogen) atoms. The van der Waals surface area contributed by atoms with Gasteiger partial charge in [0.05, 0.1) is 5.41 Å². The fraction of sp³-hybridized carbons (Fsp3) is 0.524. The molecule has 2 aromatic rings. The number of halogens is 1. The Hall–Kier alpha value is -2.26. The Kier molecular flexibility index (Phi) is 5.44. The smallest absolute Gasteiger partial charge is 0.248 e. The Bertz CT molecular complexity index is 1030. The molecule has 0 unspecified atom stereocenters. The second-order valence-corrected chi connectivity index (χ2v) is 10.0. The fourth-order valence-corrected chi connectivity index (χ4v) is 6.30. The van der Waals surface area contributed by atoms with E-state index in [2.05, 4.69) is 5.16 Å². The highest BCUT2D eigenvalue weighted by Gasteiger charge is 2.48. The fourth-order valence-electron chi connectivity index (χ4n) is 4.54. The van der Waals surface area contributed by atoms with E-state index >= 15 is 0 Å². The number of sulfonamides is 1. The van der Waals surface area contributed by atoms with Crippen molar-refractivity contribution in [3.8, 4) is 0 Å². The summed E-state index contributed by atoms with van der Waals surface area (Å²) in [4.78, 5) is 15.4. The van der Waals surface area contributed by atoms with Gasteiger partial charge in [0.1, 0.15) is 16.4 Å². The van der Waals surface area contributed by atoms with Gasteiger partial charge >= 0.3 is 0 Å². The van der Waals surface area contributed by atoms with Gasteiger partial charge in [0, 0.05) is 26.2 Å². The van der Waals surface area contributed by atoms with Crippen LogP contribution in [0.25, 0.3) is 0 Å². The molecule has 1 aliphatic heterocycles. The molecule has 9 heteroatoms.